The Kier molecular flexibility index (Phi) is 3.77. The van der Waals surface area contributed by atoms with Crippen LogP contribution in [-0.4, -0.2) is 18.1 Å². The summed E-state index contributed by atoms with van der Waals surface area (Å²) in [6.45, 7) is 3.45. The van der Waals surface area contributed by atoms with Crippen molar-refractivity contribution < 1.29 is 4.42 Å². The Morgan fingerprint density at radius 3 is 2.65 bits per heavy atom. The molecule has 1 aromatic heterocycles. The molecule has 4 nitrogen and oxygen atoms in total. The zero-order valence-corrected chi connectivity index (χ0v) is 9.94. The third kappa shape index (κ3) is 3.07. The van der Waals surface area contributed by atoms with E-state index in [1.165, 1.54) is 0 Å². The molecular weight excluding hydrogens is 214 g/mol. The standard InChI is InChI=1S/C13H17N3O/c1-10-16-13(9-17-10)11-3-5-12(6-4-11)15-8-2-7-14/h3-6,9,15H,2,7-8,14H2,1H3. The van der Waals surface area contributed by atoms with Crippen LogP contribution in [0.4, 0.5) is 5.69 Å². The molecule has 0 amide bonds. The molecule has 0 atom stereocenters. The van der Waals surface area contributed by atoms with Gasteiger partial charge < -0.3 is 15.5 Å². The van der Waals surface area contributed by atoms with Gasteiger partial charge in [0.25, 0.3) is 0 Å². The quantitative estimate of drug-likeness (QED) is 0.776. The number of benzene rings is 1. The van der Waals surface area contributed by atoms with E-state index in [-0.39, 0.29) is 0 Å². The van der Waals surface area contributed by atoms with E-state index in [2.05, 4.69) is 10.3 Å². The fraction of sp³-hybridized carbons (Fsp3) is 0.308. The van der Waals surface area contributed by atoms with Gasteiger partial charge in [-0.1, -0.05) is 12.1 Å². The van der Waals surface area contributed by atoms with E-state index >= 15 is 0 Å². The fourth-order valence-electron chi connectivity index (χ4n) is 1.59. The molecule has 0 aliphatic rings. The highest BCUT2D eigenvalue weighted by atomic mass is 16.3. The zero-order chi connectivity index (χ0) is 12.1. The molecule has 17 heavy (non-hydrogen) atoms. The number of oxazole rings is 1. The van der Waals surface area contributed by atoms with Crippen molar-refractivity contribution in [3.05, 3.63) is 36.4 Å². The van der Waals surface area contributed by atoms with Crippen LogP contribution in [0.15, 0.2) is 34.9 Å². The van der Waals surface area contributed by atoms with Crippen molar-refractivity contribution in [2.45, 2.75) is 13.3 Å². The van der Waals surface area contributed by atoms with Crippen LogP contribution in [0.25, 0.3) is 11.3 Å². The number of aryl methyl sites for hydroxylation is 1. The first-order chi connectivity index (χ1) is 8.29. The van der Waals surface area contributed by atoms with Crippen molar-refractivity contribution in [2.24, 2.45) is 5.73 Å². The minimum absolute atomic E-state index is 0.685. The van der Waals surface area contributed by atoms with Gasteiger partial charge in [-0.3, -0.25) is 0 Å². The predicted octanol–water partition coefficient (Wildman–Crippen LogP) is 2.41. The molecule has 0 radical (unpaired) electrons. The number of hydrogen-bond acceptors (Lipinski definition) is 4. The minimum Gasteiger partial charge on any atom is -0.449 e. The van der Waals surface area contributed by atoms with E-state index in [0.717, 1.165) is 29.9 Å². The van der Waals surface area contributed by atoms with Gasteiger partial charge in [0.1, 0.15) is 12.0 Å². The lowest BCUT2D eigenvalue weighted by atomic mass is 10.1. The van der Waals surface area contributed by atoms with E-state index in [9.17, 15) is 0 Å². The van der Waals surface area contributed by atoms with Crippen LogP contribution in [-0.2, 0) is 0 Å². The third-order valence-corrected chi connectivity index (χ3v) is 2.51. The Balaban J connectivity index is 2.02. The van der Waals surface area contributed by atoms with Crippen molar-refractivity contribution in [1.29, 1.82) is 0 Å². The summed E-state index contributed by atoms with van der Waals surface area (Å²) in [5.74, 6) is 0.685. The topological polar surface area (TPSA) is 64.1 Å². The maximum atomic E-state index is 5.44. The summed E-state index contributed by atoms with van der Waals surface area (Å²) in [5, 5.41) is 3.31. The van der Waals surface area contributed by atoms with Gasteiger partial charge in [0.2, 0.25) is 0 Å². The average Bonchev–Trinajstić information content (AvgIpc) is 2.77. The number of aromatic nitrogens is 1. The molecule has 0 saturated heterocycles. The Labute approximate surface area is 101 Å². The Bertz CT molecular complexity index is 462. The molecule has 0 aliphatic heterocycles. The fourth-order valence-corrected chi connectivity index (χ4v) is 1.59. The molecule has 2 aromatic rings. The highest BCUT2D eigenvalue weighted by molar-refractivity contribution is 5.61. The number of anilines is 1. The maximum absolute atomic E-state index is 5.44. The molecular formula is C13H17N3O. The van der Waals surface area contributed by atoms with Crippen LogP contribution >= 0.6 is 0 Å². The van der Waals surface area contributed by atoms with Crippen LogP contribution in [0, 0.1) is 6.92 Å². The smallest absolute Gasteiger partial charge is 0.191 e. The normalized spacial score (nSPS) is 10.5. The lowest BCUT2D eigenvalue weighted by Crippen LogP contribution is -2.08. The number of nitrogens with two attached hydrogens (primary N) is 1. The lowest BCUT2D eigenvalue weighted by molar-refractivity contribution is 0.521. The maximum Gasteiger partial charge on any atom is 0.191 e. The molecule has 3 N–H and O–H groups in total. The molecule has 0 unspecified atom stereocenters. The highest BCUT2D eigenvalue weighted by Gasteiger charge is 2.02. The van der Waals surface area contributed by atoms with Crippen LogP contribution in [0.5, 0.6) is 0 Å². The Morgan fingerprint density at radius 1 is 1.29 bits per heavy atom. The molecule has 2 rings (SSSR count). The summed E-state index contributed by atoms with van der Waals surface area (Å²) < 4.78 is 5.19. The molecule has 0 aliphatic carbocycles. The largest absolute Gasteiger partial charge is 0.449 e. The minimum atomic E-state index is 0.685. The second-order valence-corrected chi connectivity index (χ2v) is 3.90. The first-order valence-electron chi connectivity index (χ1n) is 5.76. The van der Waals surface area contributed by atoms with Crippen LogP contribution in [0.1, 0.15) is 12.3 Å². The summed E-state index contributed by atoms with van der Waals surface area (Å²) in [7, 11) is 0. The lowest BCUT2D eigenvalue weighted by Gasteiger charge is -2.05. The van der Waals surface area contributed by atoms with Crippen LogP contribution in [0.2, 0.25) is 0 Å². The van der Waals surface area contributed by atoms with Gasteiger partial charge in [-0.15, -0.1) is 0 Å². The number of nitrogens with zero attached hydrogens (tertiary/aromatic N) is 1. The average molecular weight is 231 g/mol. The summed E-state index contributed by atoms with van der Waals surface area (Å²) in [5.41, 5.74) is 8.47. The van der Waals surface area contributed by atoms with Gasteiger partial charge in [-0.2, -0.15) is 0 Å². The van der Waals surface area contributed by atoms with Crippen LogP contribution in [0.3, 0.4) is 0 Å². The first kappa shape index (κ1) is 11.7. The molecule has 1 heterocycles. The number of hydrogen-bond donors (Lipinski definition) is 2. The van der Waals surface area contributed by atoms with E-state index < -0.39 is 0 Å². The van der Waals surface area contributed by atoms with E-state index in [0.29, 0.717) is 12.4 Å². The summed E-state index contributed by atoms with van der Waals surface area (Å²) >= 11 is 0. The first-order valence-corrected chi connectivity index (χ1v) is 5.76. The molecule has 0 bridgehead atoms. The monoisotopic (exact) mass is 231 g/mol. The SMILES string of the molecule is Cc1nc(-c2ccc(NCCCN)cc2)co1. The molecule has 0 fully saturated rings. The van der Waals surface area contributed by atoms with Crippen molar-refractivity contribution in [2.75, 3.05) is 18.4 Å². The van der Waals surface area contributed by atoms with Gasteiger partial charge in [-0.25, -0.2) is 4.98 Å². The van der Waals surface area contributed by atoms with Crippen molar-refractivity contribution in [1.82, 2.24) is 4.98 Å². The van der Waals surface area contributed by atoms with Crippen molar-refractivity contribution in [3.8, 4) is 11.3 Å². The van der Waals surface area contributed by atoms with Gasteiger partial charge >= 0.3 is 0 Å². The highest BCUT2D eigenvalue weighted by Crippen LogP contribution is 2.20. The summed E-state index contributed by atoms with van der Waals surface area (Å²) in [6.07, 6.45) is 2.65. The van der Waals surface area contributed by atoms with Crippen molar-refractivity contribution in [3.63, 3.8) is 0 Å². The van der Waals surface area contributed by atoms with Crippen LogP contribution < -0.4 is 11.1 Å². The third-order valence-electron chi connectivity index (χ3n) is 2.51. The number of rotatable bonds is 5. The molecule has 4 heteroatoms. The number of nitrogens with one attached hydrogen (secondary N) is 1. The van der Waals surface area contributed by atoms with Crippen molar-refractivity contribution >= 4 is 5.69 Å². The Morgan fingerprint density at radius 2 is 2.06 bits per heavy atom. The molecule has 1 aromatic carbocycles. The van der Waals surface area contributed by atoms with Gasteiger partial charge in [0.15, 0.2) is 5.89 Å². The van der Waals surface area contributed by atoms with Gasteiger partial charge in [-0.05, 0) is 25.1 Å². The van der Waals surface area contributed by atoms with E-state index in [1.807, 2.05) is 31.2 Å². The molecule has 90 valence electrons. The van der Waals surface area contributed by atoms with E-state index in [1.54, 1.807) is 6.26 Å². The Hall–Kier alpha value is -1.81. The van der Waals surface area contributed by atoms with Gasteiger partial charge in [0, 0.05) is 24.7 Å². The molecule has 0 spiro atoms. The second kappa shape index (κ2) is 5.50. The second-order valence-electron chi connectivity index (χ2n) is 3.90. The van der Waals surface area contributed by atoms with E-state index in [4.69, 9.17) is 10.2 Å². The predicted molar refractivity (Wildman–Crippen MR) is 68.8 cm³/mol. The summed E-state index contributed by atoms with van der Waals surface area (Å²) in [4.78, 5) is 4.28. The molecule has 0 saturated carbocycles. The zero-order valence-electron chi connectivity index (χ0n) is 9.94. The van der Waals surface area contributed by atoms with Gasteiger partial charge in [0.05, 0.1) is 0 Å². The summed E-state index contributed by atoms with van der Waals surface area (Å²) in [6, 6.07) is 8.13.